The first kappa shape index (κ1) is 12.2. The fraction of sp³-hybridized carbons (Fsp3) is 0.0667. The summed E-state index contributed by atoms with van der Waals surface area (Å²) < 4.78 is 0. The van der Waals surface area contributed by atoms with Crippen LogP contribution in [0.3, 0.4) is 0 Å². The summed E-state index contributed by atoms with van der Waals surface area (Å²) in [5.41, 5.74) is 1.47. The second-order valence-corrected chi connectivity index (χ2v) is 4.33. The minimum Gasteiger partial charge on any atom is -0.274 e. The Morgan fingerprint density at radius 3 is 2.60 bits per heavy atom. The number of carbonyl (C=O) groups excluding carboxylic acids is 2. The molecular formula is C15H11N3O2. The molecule has 0 spiro atoms. The summed E-state index contributed by atoms with van der Waals surface area (Å²) in [6, 6.07) is 12.4. The van der Waals surface area contributed by atoms with E-state index in [1.54, 1.807) is 42.6 Å². The summed E-state index contributed by atoms with van der Waals surface area (Å²) in [5.74, 6) is -0.297. The lowest BCUT2D eigenvalue weighted by molar-refractivity contribution is -0.121. The van der Waals surface area contributed by atoms with E-state index in [1.807, 2.05) is 6.07 Å². The number of aromatic nitrogens is 1. The van der Waals surface area contributed by atoms with Gasteiger partial charge < -0.3 is 0 Å². The van der Waals surface area contributed by atoms with Crippen LogP contribution in [0.15, 0.2) is 53.7 Å². The third kappa shape index (κ3) is 1.89. The Morgan fingerprint density at radius 2 is 1.90 bits per heavy atom. The van der Waals surface area contributed by atoms with Crippen LogP contribution >= 0.6 is 0 Å². The highest BCUT2D eigenvalue weighted by atomic mass is 16.2. The summed E-state index contributed by atoms with van der Waals surface area (Å²) in [6.45, 7) is 1.36. The molecular weight excluding hydrogens is 254 g/mol. The Bertz CT molecular complexity index is 723. The van der Waals surface area contributed by atoms with Crippen molar-refractivity contribution in [2.75, 3.05) is 4.90 Å². The van der Waals surface area contributed by atoms with Gasteiger partial charge in [-0.05, 0) is 18.2 Å². The van der Waals surface area contributed by atoms with Crippen molar-refractivity contribution in [1.82, 2.24) is 4.98 Å². The molecule has 0 fully saturated rings. The van der Waals surface area contributed by atoms with Crippen molar-refractivity contribution in [2.24, 2.45) is 4.99 Å². The first-order valence-electron chi connectivity index (χ1n) is 6.12. The summed E-state index contributed by atoms with van der Waals surface area (Å²) in [6.07, 6.45) is 1.60. The highest BCUT2D eigenvalue weighted by molar-refractivity contribution is 6.58. The Morgan fingerprint density at radius 1 is 1.15 bits per heavy atom. The van der Waals surface area contributed by atoms with Crippen molar-refractivity contribution in [1.29, 1.82) is 0 Å². The summed E-state index contributed by atoms with van der Waals surface area (Å²) in [5, 5.41) is 0. The first-order valence-corrected chi connectivity index (χ1v) is 6.12. The monoisotopic (exact) mass is 265 g/mol. The van der Waals surface area contributed by atoms with Gasteiger partial charge in [-0.15, -0.1) is 0 Å². The predicted molar refractivity (Wildman–Crippen MR) is 75.0 cm³/mol. The van der Waals surface area contributed by atoms with Gasteiger partial charge in [0.05, 0.1) is 5.69 Å². The van der Waals surface area contributed by atoms with Gasteiger partial charge in [-0.3, -0.25) is 9.59 Å². The number of fused-ring (bicyclic) bond motifs is 1. The quantitative estimate of drug-likeness (QED) is 0.793. The highest BCUT2D eigenvalue weighted by Gasteiger charge is 2.36. The molecule has 2 aromatic rings. The van der Waals surface area contributed by atoms with Gasteiger partial charge in [0.15, 0.2) is 5.82 Å². The van der Waals surface area contributed by atoms with Gasteiger partial charge in [-0.25, -0.2) is 14.9 Å². The number of hydrogen-bond acceptors (Lipinski definition) is 4. The molecule has 3 rings (SSSR count). The zero-order chi connectivity index (χ0) is 14.1. The number of nitrogens with zero attached hydrogens (tertiary/aromatic N) is 3. The molecule has 20 heavy (non-hydrogen) atoms. The maximum Gasteiger partial charge on any atom is 0.284 e. The van der Waals surface area contributed by atoms with E-state index >= 15 is 0 Å². The van der Waals surface area contributed by atoms with E-state index < -0.39 is 5.91 Å². The Kier molecular flexibility index (Phi) is 2.87. The van der Waals surface area contributed by atoms with Crippen molar-refractivity contribution >= 4 is 29.0 Å². The SMILES string of the molecule is CC(=O)N1C(=O)C(=Nc2ccccn2)c2ccccc21. The molecule has 0 saturated carbocycles. The average Bonchev–Trinajstić information content (AvgIpc) is 2.73. The van der Waals surface area contributed by atoms with Crippen LogP contribution in [-0.2, 0) is 9.59 Å². The Balaban J connectivity index is 2.16. The number of aliphatic imine (C=N–C) groups is 1. The zero-order valence-electron chi connectivity index (χ0n) is 10.8. The molecule has 5 heteroatoms. The van der Waals surface area contributed by atoms with Crippen molar-refractivity contribution in [3.63, 3.8) is 0 Å². The largest absolute Gasteiger partial charge is 0.284 e. The maximum absolute atomic E-state index is 12.4. The number of imide groups is 1. The van der Waals surface area contributed by atoms with Crippen LogP contribution in [0.1, 0.15) is 12.5 Å². The number of carbonyl (C=O) groups is 2. The smallest absolute Gasteiger partial charge is 0.274 e. The van der Waals surface area contributed by atoms with Crippen LogP contribution in [0, 0.1) is 0 Å². The number of hydrogen-bond donors (Lipinski definition) is 0. The average molecular weight is 265 g/mol. The van der Waals surface area contributed by atoms with E-state index in [9.17, 15) is 9.59 Å². The molecule has 1 aromatic carbocycles. The van der Waals surface area contributed by atoms with Gasteiger partial charge in [0.1, 0.15) is 5.71 Å². The van der Waals surface area contributed by atoms with Gasteiger partial charge in [0.25, 0.3) is 5.91 Å². The molecule has 1 aliphatic rings. The normalized spacial score (nSPS) is 15.6. The second kappa shape index (κ2) is 4.70. The molecule has 0 bridgehead atoms. The number of rotatable bonds is 1. The number of benzene rings is 1. The van der Waals surface area contributed by atoms with E-state index in [-0.39, 0.29) is 11.6 Å². The van der Waals surface area contributed by atoms with Gasteiger partial charge in [-0.2, -0.15) is 0 Å². The summed E-state index contributed by atoms with van der Waals surface area (Å²) >= 11 is 0. The van der Waals surface area contributed by atoms with Gasteiger partial charge >= 0.3 is 0 Å². The van der Waals surface area contributed by atoms with Crippen LogP contribution in [0.5, 0.6) is 0 Å². The molecule has 0 unspecified atom stereocenters. The topological polar surface area (TPSA) is 62.6 Å². The van der Waals surface area contributed by atoms with E-state index in [2.05, 4.69) is 9.98 Å². The van der Waals surface area contributed by atoms with Gasteiger partial charge in [-0.1, -0.05) is 24.3 Å². The Labute approximate surface area is 115 Å². The molecule has 0 saturated heterocycles. The highest BCUT2D eigenvalue weighted by Crippen LogP contribution is 2.30. The molecule has 0 radical (unpaired) electrons. The van der Waals surface area contributed by atoms with Crippen LogP contribution in [0.2, 0.25) is 0 Å². The van der Waals surface area contributed by atoms with E-state index in [4.69, 9.17) is 0 Å². The minimum atomic E-state index is -0.413. The first-order chi connectivity index (χ1) is 9.68. The van der Waals surface area contributed by atoms with Crippen molar-refractivity contribution in [3.8, 4) is 0 Å². The predicted octanol–water partition coefficient (Wildman–Crippen LogP) is 2.10. The second-order valence-electron chi connectivity index (χ2n) is 4.33. The number of pyridine rings is 1. The molecule has 98 valence electrons. The van der Waals surface area contributed by atoms with Crippen LogP contribution in [-0.4, -0.2) is 22.5 Å². The summed E-state index contributed by atoms with van der Waals surface area (Å²) in [4.78, 5) is 33.5. The van der Waals surface area contributed by atoms with Gasteiger partial charge in [0.2, 0.25) is 5.91 Å². The molecule has 0 N–H and O–H groups in total. The van der Waals surface area contributed by atoms with Crippen molar-refractivity contribution in [3.05, 3.63) is 54.2 Å². The number of para-hydroxylation sites is 1. The third-order valence-electron chi connectivity index (χ3n) is 3.00. The van der Waals surface area contributed by atoms with E-state index in [1.165, 1.54) is 6.92 Å². The van der Waals surface area contributed by atoms with Gasteiger partial charge in [0, 0.05) is 18.7 Å². The van der Waals surface area contributed by atoms with E-state index in [0.717, 1.165) is 4.90 Å². The van der Waals surface area contributed by atoms with Crippen LogP contribution < -0.4 is 4.90 Å². The lowest BCUT2D eigenvalue weighted by atomic mass is 10.1. The molecule has 1 aliphatic heterocycles. The molecule has 1 aromatic heterocycles. The molecule has 2 amide bonds. The standard InChI is InChI=1S/C15H11N3O2/c1-10(19)18-12-7-3-2-6-11(12)14(15(18)20)17-13-8-4-5-9-16-13/h2-9H,1H3. The van der Waals surface area contributed by atoms with Crippen LogP contribution in [0.25, 0.3) is 0 Å². The molecule has 0 atom stereocenters. The number of anilines is 1. The third-order valence-corrected chi connectivity index (χ3v) is 3.00. The molecule has 2 heterocycles. The fourth-order valence-corrected chi connectivity index (χ4v) is 2.15. The Hall–Kier alpha value is -2.82. The molecule has 0 aliphatic carbocycles. The lowest BCUT2D eigenvalue weighted by Gasteiger charge is -2.10. The summed E-state index contributed by atoms with van der Waals surface area (Å²) in [7, 11) is 0. The van der Waals surface area contributed by atoms with Crippen molar-refractivity contribution in [2.45, 2.75) is 6.92 Å². The number of amides is 2. The molecule has 5 nitrogen and oxygen atoms in total. The van der Waals surface area contributed by atoms with E-state index in [0.29, 0.717) is 17.1 Å². The fourth-order valence-electron chi connectivity index (χ4n) is 2.15. The van der Waals surface area contributed by atoms with Crippen molar-refractivity contribution < 1.29 is 9.59 Å². The lowest BCUT2D eigenvalue weighted by Crippen LogP contribution is -2.34. The van der Waals surface area contributed by atoms with Crippen LogP contribution in [0.4, 0.5) is 11.5 Å². The zero-order valence-corrected chi connectivity index (χ0v) is 10.8. The maximum atomic E-state index is 12.4. The minimum absolute atomic E-state index is 0.245.